The lowest BCUT2D eigenvalue weighted by molar-refractivity contribution is -0.136. The van der Waals surface area contributed by atoms with Crippen LogP contribution in [-0.4, -0.2) is 52.4 Å². The Kier molecular flexibility index (Phi) is 6.21. The molecule has 0 unspecified atom stereocenters. The zero-order valence-electron chi connectivity index (χ0n) is 16.0. The Balaban J connectivity index is 1.59. The minimum Gasteiger partial charge on any atom is -0.337 e. The van der Waals surface area contributed by atoms with Crippen LogP contribution >= 0.6 is 22.9 Å². The van der Waals surface area contributed by atoms with Crippen molar-refractivity contribution in [3.05, 3.63) is 28.2 Å². The number of hydrogen-bond donors (Lipinski definition) is 0. The Morgan fingerprint density at radius 1 is 1.27 bits per heavy atom. The Morgan fingerprint density at radius 3 is 2.54 bits per heavy atom. The number of piperidine rings is 1. The van der Waals surface area contributed by atoms with Crippen molar-refractivity contribution < 1.29 is 4.79 Å². The maximum Gasteiger partial charge on any atom is 0.237 e. The Labute approximate surface area is 165 Å². The van der Waals surface area contributed by atoms with Crippen LogP contribution in [-0.2, 0) is 4.79 Å². The van der Waals surface area contributed by atoms with Gasteiger partial charge < -0.3 is 4.90 Å². The van der Waals surface area contributed by atoms with E-state index in [1.165, 1.54) is 9.71 Å². The average molecular weight is 394 g/mol. The van der Waals surface area contributed by atoms with Gasteiger partial charge in [0.2, 0.25) is 5.91 Å². The molecule has 1 aromatic carbocycles. The monoisotopic (exact) mass is 393 g/mol. The van der Waals surface area contributed by atoms with Crippen LogP contribution in [0.5, 0.6) is 0 Å². The number of carbonyl (C=O) groups excluding carboxylic acids is 1. The Morgan fingerprint density at radius 2 is 1.92 bits per heavy atom. The maximum atomic E-state index is 12.7. The van der Waals surface area contributed by atoms with Crippen molar-refractivity contribution in [2.45, 2.75) is 58.5 Å². The van der Waals surface area contributed by atoms with Crippen LogP contribution < -0.4 is 0 Å². The molecule has 1 aliphatic heterocycles. The molecular formula is C20H28ClN3OS. The summed E-state index contributed by atoms with van der Waals surface area (Å²) >= 11 is 7.85. The Hall–Kier alpha value is -1.17. The van der Waals surface area contributed by atoms with Gasteiger partial charge in [-0.15, -0.1) is 11.3 Å². The molecule has 1 amide bonds. The van der Waals surface area contributed by atoms with E-state index in [-0.39, 0.29) is 18.0 Å². The van der Waals surface area contributed by atoms with E-state index in [1.54, 1.807) is 11.3 Å². The second-order valence-electron chi connectivity index (χ2n) is 7.70. The molecule has 1 aromatic heterocycles. The summed E-state index contributed by atoms with van der Waals surface area (Å²) in [4.78, 5) is 21.7. The van der Waals surface area contributed by atoms with E-state index in [0.717, 1.165) is 36.5 Å². The molecule has 6 heteroatoms. The van der Waals surface area contributed by atoms with Gasteiger partial charge in [0.1, 0.15) is 0 Å². The molecule has 26 heavy (non-hydrogen) atoms. The zero-order valence-corrected chi connectivity index (χ0v) is 17.6. The number of benzene rings is 1. The molecule has 0 saturated carbocycles. The van der Waals surface area contributed by atoms with Gasteiger partial charge in [0.15, 0.2) is 0 Å². The molecule has 3 rings (SSSR count). The van der Waals surface area contributed by atoms with Crippen molar-refractivity contribution in [1.29, 1.82) is 0 Å². The first-order valence-electron chi connectivity index (χ1n) is 9.44. The normalized spacial score (nSPS) is 16.7. The second-order valence-corrected chi connectivity index (χ2v) is 9.20. The van der Waals surface area contributed by atoms with Gasteiger partial charge in [-0.3, -0.25) is 9.69 Å². The Bertz CT molecular complexity index is 758. The highest BCUT2D eigenvalue weighted by Gasteiger charge is 2.27. The number of carbonyl (C=O) groups is 1. The lowest BCUT2D eigenvalue weighted by atomic mass is 9.97. The van der Waals surface area contributed by atoms with Crippen LogP contribution in [0.2, 0.25) is 5.02 Å². The smallest absolute Gasteiger partial charge is 0.237 e. The third-order valence-corrected chi connectivity index (χ3v) is 6.50. The molecule has 0 bridgehead atoms. The average Bonchev–Trinajstić information content (AvgIpc) is 2.97. The van der Waals surface area contributed by atoms with Gasteiger partial charge >= 0.3 is 0 Å². The number of thiazole rings is 1. The lowest BCUT2D eigenvalue weighted by Gasteiger charge is -2.35. The first-order valence-corrected chi connectivity index (χ1v) is 10.6. The van der Waals surface area contributed by atoms with Crippen molar-refractivity contribution >= 4 is 39.1 Å². The third-order valence-electron chi connectivity index (χ3n) is 5.06. The van der Waals surface area contributed by atoms with E-state index in [0.29, 0.717) is 12.5 Å². The predicted octanol–water partition coefficient (Wildman–Crippen LogP) is 4.77. The summed E-state index contributed by atoms with van der Waals surface area (Å²) in [5.41, 5.74) is 1.000. The summed E-state index contributed by atoms with van der Waals surface area (Å²) in [6, 6.07) is 6.41. The number of amides is 1. The number of fused-ring (bicyclic) bond motifs is 1. The van der Waals surface area contributed by atoms with Gasteiger partial charge in [0.05, 0.1) is 21.8 Å². The molecule has 0 spiro atoms. The minimum absolute atomic E-state index is 0.239. The van der Waals surface area contributed by atoms with Gasteiger partial charge in [0, 0.05) is 23.0 Å². The zero-order chi connectivity index (χ0) is 18.8. The van der Waals surface area contributed by atoms with E-state index in [1.807, 2.05) is 17.0 Å². The van der Waals surface area contributed by atoms with Crippen molar-refractivity contribution in [3.8, 4) is 0 Å². The van der Waals surface area contributed by atoms with Crippen LogP contribution in [0, 0.1) is 0 Å². The highest BCUT2D eigenvalue weighted by molar-refractivity contribution is 7.18. The first kappa shape index (κ1) is 19.6. The standard InChI is InChI=1S/C20H28ClN3OS/c1-13(2)24(14(3)4)19(25)12-23-9-7-15(8-10-23)20-22-17-11-16(21)5-6-18(17)26-20/h5-6,11,13-15H,7-10,12H2,1-4H3. The summed E-state index contributed by atoms with van der Waals surface area (Å²) in [7, 11) is 0. The largest absolute Gasteiger partial charge is 0.337 e. The summed E-state index contributed by atoms with van der Waals surface area (Å²) in [6.45, 7) is 10.8. The van der Waals surface area contributed by atoms with E-state index >= 15 is 0 Å². The fourth-order valence-corrected chi connectivity index (χ4v) is 5.16. The van der Waals surface area contributed by atoms with Crippen LogP contribution in [0.25, 0.3) is 10.2 Å². The maximum absolute atomic E-state index is 12.7. The van der Waals surface area contributed by atoms with Crippen LogP contribution in [0.1, 0.15) is 51.5 Å². The fraction of sp³-hybridized carbons (Fsp3) is 0.600. The molecule has 142 valence electrons. The SMILES string of the molecule is CC(C)N(C(=O)CN1CCC(c2nc3cc(Cl)ccc3s2)CC1)C(C)C. The molecule has 0 aliphatic carbocycles. The van der Waals surface area contributed by atoms with E-state index in [4.69, 9.17) is 16.6 Å². The quantitative estimate of drug-likeness (QED) is 0.733. The fourth-order valence-electron chi connectivity index (χ4n) is 3.88. The third kappa shape index (κ3) is 4.38. The number of rotatable bonds is 5. The second kappa shape index (κ2) is 8.24. The topological polar surface area (TPSA) is 36.4 Å². The van der Waals surface area contributed by atoms with Crippen molar-refractivity contribution in [1.82, 2.24) is 14.8 Å². The van der Waals surface area contributed by atoms with Crippen molar-refractivity contribution in [2.75, 3.05) is 19.6 Å². The molecule has 1 aliphatic rings. The molecule has 1 fully saturated rings. The molecule has 2 aromatic rings. The van der Waals surface area contributed by atoms with Gasteiger partial charge in [-0.1, -0.05) is 11.6 Å². The minimum atomic E-state index is 0.239. The summed E-state index contributed by atoms with van der Waals surface area (Å²) in [6.07, 6.45) is 2.12. The van der Waals surface area contributed by atoms with Crippen LogP contribution in [0.4, 0.5) is 0 Å². The van der Waals surface area contributed by atoms with Crippen LogP contribution in [0.15, 0.2) is 18.2 Å². The number of aromatic nitrogens is 1. The molecule has 2 heterocycles. The first-order chi connectivity index (χ1) is 12.3. The number of halogens is 1. The molecule has 4 nitrogen and oxygen atoms in total. The lowest BCUT2D eigenvalue weighted by Crippen LogP contribution is -2.48. The van der Waals surface area contributed by atoms with Crippen LogP contribution in [0.3, 0.4) is 0 Å². The van der Waals surface area contributed by atoms with Gasteiger partial charge in [-0.25, -0.2) is 4.98 Å². The summed E-state index contributed by atoms with van der Waals surface area (Å²) in [5.74, 6) is 0.729. The summed E-state index contributed by atoms with van der Waals surface area (Å²) < 4.78 is 1.20. The van der Waals surface area contributed by atoms with Gasteiger partial charge in [0.25, 0.3) is 0 Å². The number of likely N-dealkylation sites (tertiary alicyclic amines) is 1. The highest BCUT2D eigenvalue weighted by atomic mass is 35.5. The number of hydrogen-bond acceptors (Lipinski definition) is 4. The van der Waals surface area contributed by atoms with Gasteiger partial charge in [-0.05, 0) is 71.8 Å². The highest BCUT2D eigenvalue weighted by Crippen LogP contribution is 2.34. The summed E-state index contributed by atoms with van der Waals surface area (Å²) in [5, 5.41) is 1.95. The van der Waals surface area contributed by atoms with Gasteiger partial charge in [-0.2, -0.15) is 0 Å². The molecule has 0 radical (unpaired) electrons. The predicted molar refractivity (Wildman–Crippen MR) is 110 cm³/mol. The van der Waals surface area contributed by atoms with E-state index in [2.05, 4.69) is 38.7 Å². The molecule has 0 atom stereocenters. The van der Waals surface area contributed by atoms with Crippen molar-refractivity contribution in [3.63, 3.8) is 0 Å². The molecule has 0 N–H and O–H groups in total. The van der Waals surface area contributed by atoms with Crippen molar-refractivity contribution in [2.24, 2.45) is 0 Å². The van der Waals surface area contributed by atoms with E-state index in [9.17, 15) is 4.79 Å². The number of nitrogens with zero attached hydrogens (tertiary/aromatic N) is 3. The van der Waals surface area contributed by atoms with E-state index < -0.39 is 0 Å². The molecule has 1 saturated heterocycles. The molecular weight excluding hydrogens is 366 g/mol.